The highest BCUT2D eigenvalue weighted by Crippen LogP contribution is 2.26. The Labute approximate surface area is 169 Å². The van der Waals surface area contributed by atoms with Gasteiger partial charge in [-0.25, -0.2) is 13.7 Å². The van der Waals surface area contributed by atoms with Gasteiger partial charge in [0, 0.05) is 0 Å². The maximum absolute atomic E-state index is 12.7. The summed E-state index contributed by atoms with van der Waals surface area (Å²) < 4.78 is 26.3. The summed E-state index contributed by atoms with van der Waals surface area (Å²) in [7, 11) is 0.214. The van der Waals surface area contributed by atoms with Crippen molar-refractivity contribution in [2.24, 2.45) is 0 Å². The molecule has 0 aliphatic heterocycles. The lowest BCUT2D eigenvalue weighted by Gasteiger charge is -2.29. The zero-order chi connectivity index (χ0) is 20.7. The van der Waals surface area contributed by atoms with E-state index in [9.17, 15) is 9.00 Å². The van der Waals surface area contributed by atoms with Crippen LogP contribution in [0.4, 0.5) is 0 Å². The van der Waals surface area contributed by atoms with E-state index in [0.717, 1.165) is 5.56 Å². The zero-order valence-electron chi connectivity index (χ0n) is 16.7. The molecular weight excluding hydrogens is 374 g/mol. The molecule has 1 N–H and O–H groups in total. The van der Waals surface area contributed by atoms with Crippen LogP contribution >= 0.6 is 0 Å². The van der Waals surface area contributed by atoms with E-state index in [1.807, 2.05) is 51.1 Å². The zero-order valence-corrected chi connectivity index (χ0v) is 17.5. The van der Waals surface area contributed by atoms with Gasteiger partial charge in [0.2, 0.25) is 0 Å². The lowest BCUT2D eigenvalue weighted by Crippen LogP contribution is -2.41. The van der Waals surface area contributed by atoms with E-state index in [4.69, 9.17) is 9.47 Å². The second-order valence-corrected chi connectivity index (χ2v) is 9.22. The first-order chi connectivity index (χ1) is 13.3. The second-order valence-electron chi connectivity index (χ2n) is 7.22. The number of methoxy groups -OCH3 is 1. The predicted molar refractivity (Wildman–Crippen MR) is 113 cm³/mol. The van der Waals surface area contributed by atoms with E-state index < -0.39 is 33.8 Å². The lowest BCUT2D eigenvalue weighted by atomic mass is 10.0. The molecule has 0 saturated heterocycles. The molecule has 0 fully saturated rings. The molecule has 0 heterocycles. The molecule has 2 rings (SSSR count). The smallest absolute Gasteiger partial charge is 0.338 e. The highest BCUT2D eigenvalue weighted by Gasteiger charge is 2.30. The number of ether oxygens (including phenoxy) is 2. The molecule has 5 nitrogen and oxygen atoms in total. The van der Waals surface area contributed by atoms with Gasteiger partial charge >= 0.3 is 5.97 Å². The fourth-order valence-electron chi connectivity index (χ4n) is 2.45. The first-order valence-corrected chi connectivity index (χ1v) is 10.1. The number of nitrogens with one attached hydrogen (secondary N) is 1. The average molecular weight is 402 g/mol. The monoisotopic (exact) mass is 401 g/mol. The first-order valence-electron chi connectivity index (χ1n) is 8.97. The third-order valence-electron chi connectivity index (χ3n) is 4.08. The molecule has 0 spiro atoms. The molecule has 0 aliphatic carbocycles. The largest absolute Gasteiger partial charge is 0.497 e. The van der Waals surface area contributed by atoms with E-state index in [1.54, 1.807) is 37.5 Å². The maximum atomic E-state index is 12.7. The minimum atomic E-state index is -1.38. The van der Waals surface area contributed by atoms with Gasteiger partial charge in [-0.3, -0.25) is 0 Å². The summed E-state index contributed by atoms with van der Waals surface area (Å²) in [6, 6.07) is 15.5. The summed E-state index contributed by atoms with van der Waals surface area (Å²) in [6.45, 7) is 9.44. The summed E-state index contributed by atoms with van der Waals surface area (Å²) >= 11 is 0. The molecule has 2 aromatic rings. The van der Waals surface area contributed by atoms with Gasteiger partial charge in [-0.05, 0) is 56.7 Å². The Morgan fingerprint density at radius 3 is 2.21 bits per heavy atom. The molecule has 3 atom stereocenters. The van der Waals surface area contributed by atoms with Crippen molar-refractivity contribution in [2.75, 3.05) is 7.11 Å². The first kappa shape index (κ1) is 21.9. The topological polar surface area (TPSA) is 64.6 Å². The van der Waals surface area contributed by atoms with Crippen molar-refractivity contribution in [3.8, 4) is 5.75 Å². The molecule has 0 amide bonds. The van der Waals surface area contributed by atoms with Crippen LogP contribution < -0.4 is 9.46 Å². The number of carbonyl (C=O) groups excluding carboxylic acids is 1. The van der Waals surface area contributed by atoms with Gasteiger partial charge in [-0.2, -0.15) is 0 Å². The lowest BCUT2D eigenvalue weighted by molar-refractivity contribution is 0.0336. The Hall–Kier alpha value is -2.44. The fraction of sp³-hybridized carbons (Fsp3) is 0.318. The van der Waals surface area contributed by atoms with Crippen LogP contribution in [0.3, 0.4) is 0 Å². The van der Waals surface area contributed by atoms with Crippen molar-refractivity contribution in [3.05, 3.63) is 78.4 Å². The molecular formula is C22H27NO4S. The third-order valence-corrected chi connectivity index (χ3v) is 5.66. The van der Waals surface area contributed by atoms with Crippen LogP contribution in [-0.4, -0.2) is 28.1 Å². The van der Waals surface area contributed by atoms with E-state index in [2.05, 4.69) is 11.3 Å². The molecule has 0 saturated carbocycles. The molecule has 6 heteroatoms. The van der Waals surface area contributed by atoms with Gasteiger partial charge in [0.05, 0.1) is 34.4 Å². The van der Waals surface area contributed by atoms with Gasteiger partial charge < -0.3 is 9.47 Å². The Morgan fingerprint density at radius 2 is 1.71 bits per heavy atom. The molecule has 0 radical (unpaired) electrons. The van der Waals surface area contributed by atoms with Crippen LogP contribution in [0.2, 0.25) is 0 Å². The number of rotatable bonds is 8. The normalized spacial score (nSPS) is 14.6. The standard InChI is InChI=1S/C22H27NO4S/c1-6-19(27-21(24)17-10-8-7-9-11-17)20(23-28(25)22(2,3)4)16-12-14-18(26-5)15-13-16/h6-15,19-20,23H,1H2,2-5H3/t19-,20+,28?/m1/s1. The van der Waals surface area contributed by atoms with Crippen molar-refractivity contribution >= 4 is 17.0 Å². The van der Waals surface area contributed by atoms with Crippen LogP contribution in [0.25, 0.3) is 0 Å². The Kier molecular flexibility index (Phi) is 7.54. The summed E-state index contributed by atoms with van der Waals surface area (Å²) in [5, 5.41) is 0. The number of hydrogen-bond acceptors (Lipinski definition) is 4. The summed E-state index contributed by atoms with van der Waals surface area (Å²) in [4.78, 5) is 12.5. The van der Waals surface area contributed by atoms with Gasteiger partial charge in [0.1, 0.15) is 11.9 Å². The number of carbonyl (C=O) groups is 1. The van der Waals surface area contributed by atoms with E-state index in [-0.39, 0.29) is 0 Å². The highest BCUT2D eigenvalue weighted by molar-refractivity contribution is 7.84. The van der Waals surface area contributed by atoms with Gasteiger partial charge in [0.15, 0.2) is 0 Å². The second kappa shape index (κ2) is 9.66. The van der Waals surface area contributed by atoms with Crippen LogP contribution in [0, 0.1) is 0 Å². The molecule has 0 bridgehead atoms. The summed E-state index contributed by atoms with van der Waals surface area (Å²) in [6.07, 6.45) is 0.829. The maximum Gasteiger partial charge on any atom is 0.338 e. The summed E-state index contributed by atoms with van der Waals surface area (Å²) in [5.74, 6) is 0.239. The number of hydrogen-bond donors (Lipinski definition) is 1. The van der Waals surface area contributed by atoms with Crippen molar-refractivity contribution in [3.63, 3.8) is 0 Å². The Morgan fingerprint density at radius 1 is 1.11 bits per heavy atom. The van der Waals surface area contributed by atoms with E-state index in [1.165, 1.54) is 0 Å². The molecule has 0 aliphatic rings. The van der Waals surface area contributed by atoms with Crippen LogP contribution in [0.5, 0.6) is 5.75 Å². The molecule has 1 unspecified atom stereocenters. The van der Waals surface area contributed by atoms with Gasteiger partial charge in [0.25, 0.3) is 0 Å². The molecule has 2 aromatic carbocycles. The number of benzene rings is 2. The van der Waals surface area contributed by atoms with Crippen LogP contribution in [0.1, 0.15) is 42.7 Å². The SMILES string of the molecule is C=C[C@@H](OC(=O)c1ccccc1)[C@@H](NS(=O)C(C)(C)C)c1ccc(OC)cc1. The number of esters is 1. The fourth-order valence-corrected chi connectivity index (χ4v) is 3.30. The summed E-state index contributed by atoms with van der Waals surface area (Å²) in [5.41, 5.74) is 1.25. The highest BCUT2D eigenvalue weighted by atomic mass is 32.2. The van der Waals surface area contributed by atoms with E-state index >= 15 is 0 Å². The van der Waals surface area contributed by atoms with Crippen molar-refractivity contribution in [1.29, 1.82) is 0 Å². The Bertz CT molecular complexity index is 813. The minimum Gasteiger partial charge on any atom is -0.497 e. The predicted octanol–water partition coefficient (Wildman–Crippen LogP) is 4.20. The molecule has 28 heavy (non-hydrogen) atoms. The molecule has 0 aromatic heterocycles. The van der Waals surface area contributed by atoms with Crippen molar-refractivity contribution < 1.29 is 18.5 Å². The minimum absolute atomic E-state index is 0.444. The third kappa shape index (κ3) is 5.78. The van der Waals surface area contributed by atoms with Gasteiger partial charge in [-0.15, -0.1) is 0 Å². The Balaban J connectivity index is 2.32. The van der Waals surface area contributed by atoms with Crippen molar-refractivity contribution in [2.45, 2.75) is 37.7 Å². The molecule has 150 valence electrons. The quantitative estimate of drug-likeness (QED) is 0.532. The van der Waals surface area contributed by atoms with E-state index in [0.29, 0.717) is 11.3 Å². The van der Waals surface area contributed by atoms with Crippen molar-refractivity contribution in [1.82, 2.24) is 4.72 Å². The average Bonchev–Trinajstić information content (AvgIpc) is 2.70. The van der Waals surface area contributed by atoms with Gasteiger partial charge in [-0.1, -0.05) is 36.9 Å². The van der Waals surface area contributed by atoms with Crippen LogP contribution in [0.15, 0.2) is 67.3 Å². The van der Waals surface area contributed by atoms with Crippen LogP contribution in [-0.2, 0) is 15.7 Å².